The highest BCUT2D eigenvalue weighted by Gasteiger charge is 2.30. The molecule has 2 rings (SSSR count). The Morgan fingerprint density at radius 1 is 0.906 bits per heavy atom. The lowest BCUT2D eigenvalue weighted by Crippen LogP contribution is -2.54. The molecule has 5 amide bonds. The Labute approximate surface area is 309 Å². The van der Waals surface area contributed by atoms with Gasteiger partial charge in [-0.2, -0.15) is 0 Å². The number of hydrogen-bond donors (Lipinski definition) is 6. The second-order valence-corrected chi connectivity index (χ2v) is 14.2. The highest BCUT2D eigenvalue weighted by atomic mass is 16.7. The van der Waals surface area contributed by atoms with Gasteiger partial charge >= 0.3 is 12.2 Å². The molecule has 1 unspecified atom stereocenters. The van der Waals surface area contributed by atoms with Gasteiger partial charge in [0, 0.05) is 42.9 Å². The molecular weight excluding hydrogens is 690 g/mol. The molecule has 0 saturated heterocycles. The summed E-state index contributed by atoms with van der Waals surface area (Å²) in [6, 6.07) is 8.59. The third kappa shape index (κ3) is 17.7. The van der Waals surface area contributed by atoms with Crippen molar-refractivity contribution >= 4 is 41.3 Å². The SMILES string of the molecule is CC(C)C(NC(=O)CCC(C)(C)OCCC(C)(C)N)C(=O)N[C@@H](CCCNC(N)=O)C(=O)Nc1ccc(COC(=O)Oc2ccc([N+](=O)[O-])cc2)cc1. The van der Waals surface area contributed by atoms with Crippen molar-refractivity contribution in [3.63, 3.8) is 0 Å². The predicted octanol–water partition coefficient (Wildman–Crippen LogP) is 4.03. The minimum atomic E-state index is -1.04. The van der Waals surface area contributed by atoms with E-state index in [0.29, 0.717) is 37.1 Å². The van der Waals surface area contributed by atoms with Crippen LogP contribution in [0, 0.1) is 16.0 Å². The Balaban J connectivity index is 2.00. The van der Waals surface area contributed by atoms with E-state index in [0.717, 1.165) is 0 Å². The zero-order valence-corrected chi connectivity index (χ0v) is 31.2. The molecular formula is C36H53N7O10. The molecule has 0 bridgehead atoms. The van der Waals surface area contributed by atoms with E-state index in [4.69, 9.17) is 25.7 Å². The molecule has 17 nitrogen and oxygen atoms in total. The number of amides is 5. The number of urea groups is 1. The van der Waals surface area contributed by atoms with Crippen molar-refractivity contribution in [2.24, 2.45) is 17.4 Å². The van der Waals surface area contributed by atoms with E-state index in [9.17, 15) is 34.1 Å². The van der Waals surface area contributed by atoms with Gasteiger partial charge in [-0.3, -0.25) is 24.5 Å². The fraction of sp³-hybridized carbons (Fsp3) is 0.528. The number of primary amides is 1. The minimum absolute atomic E-state index is 0.0704. The van der Waals surface area contributed by atoms with Gasteiger partial charge in [-0.05, 0) is 89.1 Å². The van der Waals surface area contributed by atoms with Gasteiger partial charge in [-0.15, -0.1) is 0 Å². The third-order valence-corrected chi connectivity index (χ3v) is 7.89. The van der Waals surface area contributed by atoms with Crippen LogP contribution in [0.4, 0.5) is 21.0 Å². The number of nitrogens with two attached hydrogens (primary N) is 2. The predicted molar refractivity (Wildman–Crippen MR) is 197 cm³/mol. The van der Waals surface area contributed by atoms with E-state index in [-0.39, 0.29) is 54.8 Å². The summed E-state index contributed by atoms with van der Waals surface area (Å²) in [7, 11) is 0. The zero-order chi connectivity index (χ0) is 39.8. The number of carbonyl (C=O) groups excluding carboxylic acids is 5. The number of carbonyl (C=O) groups is 5. The summed E-state index contributed by atoms with van der Waals surface area (Å²) in [6.45, 7) is 11.6. The first-order valence-corrected chi connectivity index (χ1v) is 17.3. The zero-order valence-electron chi connectivity index (χ0n) is 31.2. The van der Waals surface area contributed by atoms with Crippen LogP contribution in [0.15, 0.2) is 48.5 Å². The summed E-state index contributed by atoms with van der Waals surface area (Å²) in [4.78, 5) is 73.3. The molecule has 8 N–H and O–H groups in total. The standard InChI is InChI=1S/C36H53N7O10/c1-23(2)30(42-29(44)17-18-36(5,6)52-21-19-35(3,4)38)32(46)41-28(8-7-20-39-33(37)47)31(45)40-25-11-9-24(10-12-25)22-51-34(48)53-27-15-13-26(14-16-27)43(49)50/h9-16,23,28,30H,7-8,17-22,38H2,1-6H3,(H,40,45)(H,41,46)(H,42,44)(H3,37,39,47)/t28-,30?/m0/s1. The molecule has 0 aliphatic carbocycles. The van der Waals surface area contributed by atoms with Gasteiger partial charge in [0.1, 0.15) is 24.4 Å². The Kier molecular flexibility index (Phi) is 17.1. The molecule has 2 aromatic rings. The molecule has 0 aliphatic heterocycles. The maximum Gasteiger partial charge on any atom is 0.514 e. The Bertz CT molecular complexity index is 1540. The van der Waals surface area contributed by atoms with Crippen LogP contribution in [0.3, 0.4) is 0 Å². The number of hydrogen-bond acceptors (Lipinski definition) is 11. The molecule has 0 saturated carbocycles. The van der Waals surface area contributed by atoms with Gasteiger partial charge in [-0.1, -0.05) is 26.0 Å². The van der Waals surface area contributed by atoms with E-state index in [2.05, 4.69) is 21.3 Å². The fourth-order valence-electron chi connectivity index (χ4n) is 4.72. The summed E-state index contributed by atoms with van der Waals surface area (Å²) in [5.74, 6) is -1.67. The summed E-state index contributed by atoms with van der Waals surface area (Å²) < 4.78 is 16.1. The lowest BCUT2D eigenvalue weighted by atomic mass is 9.99. The van der Waals surface area contributed by atoms with Gasteiger partial charge in [0.05, 0.1) is 10.5 Å². The van der Waals surface area contributed by atoms with Crippen LogP contribution in [0.1, 0.15) is 79.2 Å². The van der Waals surface area contributed by atoms with Crippen LogP contribution >= 0.6 is 0 Å². The second kappa shape index (κ2) is 20.7. The monoisotopic (exact) mass is 743 g/mol. The molecule has 53 heavy (non-hydrogen) atoms. The van der Waals surface area contributed by atoms with Crippen LogP contribution in [0.2, 0.25) is 0 Å². The normalized spacial score (nSPS) is 12.6. The number of benzene rings is 2. The van der Waals surface area contributed by atoms with Gasteiger partial charge in [0.2, 0.25) is 17.7 Å². The van der Waals surface area contributed by atoms with Crippen molar-refractivity contribution in [3.05, 3.63) is 64.2 Å². The molecule has 0 radical (unpaired) electrons. The number of nitro benzene ring substituents is 1. The minimum Gasteiger partial charge on any atom is -0.429 e. The number of nitro groups is 1. The number of nitrogens with one attached hydrogen (secondary N) is 4. The van der Waals surface area contributed by atoms with Gasteiger partial charge in [0.15, 0.2) is 0 Å². The largest absolute Gasteiger partial charge is 0.514 e. The van der Waals surface area contributed by atoms with Crippen molar-refractivity contribution < 1.29 is 43.1 Å². The van der Waals surface area contributed by atoms with Crippen LogP contribution in [0.5, 0.6) is 5.75 Å². The molecule has 0 aliphatic rings. The highest BCUT2D eigenvalue weighted by molar-refractivity contribution is 5.98. The average Bonchev–Trinajstić information content (AvgIpc) is 3.06. The molecule has 292 valence electrons. The second-order valence-electron chi connectivity index (χ2n) is 14.2. The average molecular weight is 744 g/mol. The molecule has 0 heterocycles. The lowest BCUT2D eigenvalue weighted by Gasteiger charge is -2.28. The number of ether oxygens (including phenoxy) is 3. The first kappa shape index (κ1) is 43.9. The maximum atomic E-state index is 13.5. The van der Waals surface area contributed by atoms with Crippen molar-refractivity contribution in [2.75, 3.05) is 18.5 Å². The topological polar surface area (TPSA) is 256 Å². The molecule has 0 spiro atoms. The molecule has 0 aromatic heterocycles. The van der Waals surface area contributed by atoms with Crippen molar-refractivity contribution in [1.29, 1.82) is 0 Å². The van der Waals surface area contributed by atoms with Gasteiger partial charge in [-0.25, -0.2) is 9.59 Å². The highest BCUT2D eigenvalue weighted by Crippen LogP contribution is 2.20. The van der Waals surface area contributed by atoms with E-state index in [1.54, 1.807) is 38.1 Å². The molecule has 0 fully saturated rings. The van der Waals surface area contributed by atoms with Crippen molar-refractivity contribution in [3.8, 4) is 5.75 Å². The number of rotatable bonds is 21. The summed E-state index contributed by atoms with van der Waals surface area (Å²) in [5, 5.41) is 21.5. The van der Waals surface area contributed by atoms with Crippen LogP contribution in [-0.4, -0.2) is 71.2 Å². The van der Waals surface area contributed by atoms with Crippen molar-refractivity contribution in [1.82, 2.24) is 16.0 Å². The molecule has 2 atom stereocenters. The summed E-state index contributed by atoms with van der Waals surface area (Å²) >= 11 is 0. The van der Waals surface area contributed by atoms with E-state index in [1.165, 1.54) is 24.3 Å². The Morgan fingerprint density at radius 3 is 2.11 bits per heavy atom. The van der Waals surface area contributed by atoms with E-state index < -0.39 is 46.6 Å². The van der Waals surface area contributed by atoms with Crippen LogP contribution in [0.25, 0.3) is 0 Å². The number of anilines is 1. The van der Waals surface area contributed by atoms with Crippen LogP contribution < -0.4 is 37.5 Å². The van der Waals surface area contributed by atoms with Crippen LogP contribution in [-0.2, 0) is 30.5 Å². The number of non-ortho nitro benzene ring substituents is 1. The van der Waals surface area contributed by atoms with E-state index >= 15 is 0 Å². The first-order chi connectivity index (χ1) is 24.7. The lowest BCUT2D eigenvalue weighted by molar-refractivity contribution is -0.384. The summed E-state index contributed by atoms with van der Waals surface area (Å²) in [5.41, 5.74) is 11.0. The Hall–Kier alpha value is -5.29. The molecule has 2 aromatic carbocycles. The van der Waals surface area contributed by atoms with E-state index in [1.807, 2.05) is 27.7 Å². The fourth-order valence-corrected chi connectivity index (χ4v) is 4.72. The smallest absolute Gasteiger partial charge is 0.429 e. The number of nitrogens with zero attached hydrogens (tertiary/aromatic N) is 1. The first-order valence-electron chi connectivity index (χ1n) is 17.3. The van der Waals surface area contributed by atoms with Gasteiger partial charge in [0.25, 0.3) is 5.69 Å². The quantitative estimate of drug-likeness (QED) is 0.0350. The molecule has 17 heteroatoms. The Morgan fingerprint density at radius 2 is 1.55 bits per heavy atom. The van der Waals surface area contributed by atoms with Crippen molar-refractivity contribution in [2.45, 2.75) is 103 Å². The third-order valence-electron chi connectivity index (χ3n) is 7.89. The van der Waals surface area contributed by atoms with Gasteiger partial charge < -0.3 is 46.9 Å². The summed E-state index contributed by atoms with van der Waals surface area (Å²) in [6.07, 6.45) is 0.606. The maximum absolute atomic E-state index is 13.5.